The Bertz CT molecular complexity index is 459. The van der Waals surface area contributed by atoms with Gasteiger partial charge in [0.1, 0.15) is 5.82 Å². The van der Waals surface area contributed by atoms with Crippen LogP contribution in [0, 0.1) is 5.82 Å². The van der Waals surface area contributed by atoms with Crippen molar-refractivity contribution in [2.45, 2.75) is 44.6 Å². The van der Waals surface area contributed by atoms with E-state index >= 15 is 0 Å². The van der Waals surface area contributed by atoms with Crippen molar-refractivity contribution in [3.05, 3.63) is 24.0 Å². The van der Waals surface area contributed by atoms with Crippen LogP contribution in [0.1, 0.15) is 38.5 Å². The van der Waals surface area contributed by atoms with Crippen LogP contribution in [0.15, 0.2) is 18.2 Å². The van der Waals surface area contributed by atoms with Gasteiger partial charge in [-0.3, -0.25) is 4.79 Å². The Labute approximate surface area is 118 Å². The van der Waals surface area contributed by atoms with Gasteiger partial charge in [0.2, 0.25) is 5.91 Å². The summed E-state index contributed by atoms with van der Waals surface area (Å²) in [6, 6.07) is 3.94. The number of hydrogen-bond acceptors (Lipinski definition) is 3. The van der Waals surface area contributed by atoms with Crippen LogP contribution in [0.3, 0.4) is 0 Å². The first-order valence-corrected chi connectivity index (χ1v) is 7.11. The molecule has 0 radical (unpaired) electrons. The zero-order valence-corrected chi connectivity index (χ0v) is 11.5. The maximum absolute atomic E-state index is 12.9. The molecule has 0 spiro atoms. The van der Waals surface area contributed by atoms with Crippen LogP contribution in [0.25, 0.3) is 0 Å². The molecule has 0 aliphatic heterocycles. The van der Waals surface area contributed by atoms with Crippen molar-refractivity contribution in [2.24, 2.45) is 0 Å². The zero-order valence-electron chi connectivity index (χ0n) is 11.5. The molecule has 1 amide bonds. The number of benzene rings is 1. The fourth-order valence-electron chi connectivity index (χ4n) is 2.40. The van der Waals surface area contributed by atoms with E-state index in [0.29, 0.717) is 31.2 Å². The van der Waals surface area contributed by atoms with Gasteiger partial charge in [-0.05, 0) is 37.5 Å². The lowest BCUT2D eigenvalue weighted by Crippen LogP contribution is -2.15. The molecule has 4 nitrogen and oxygen atoms in total. The fraction of sp³-hybridized carbons (Fsp3) is 0.533. The van der Waals surface area contributed by atoms with Gasteiger partial charge in [-0.1, -0.05) is 12.8 Å². The van der Waals surface area contributed by atoms with Gasteiger partial charge >= 0.3 is 0 Å². The highest BCUT2D eigenvalue weighted by molar-refractivity contribution is 5.93. The molecule has 2 rings (SSSR count). The van der Waals surface area contributed by atoms with Gasteiger partial charge < -0.3 is 15.8 Å². The van der Waals surface area contributed by atoms with Gasteiger partial charge in [-0.2, -0.15) is 0 Å². The minimum Gasteiger partial charge on any atom is -0.397 e. The number of nitrogens with two attached hydrogens (primary N) is 1. The summed E-state index contributed by atoms with van der Waals surface area (Å²) in [4.78, 5) is 11.7. The average Bonchev–Trinajstić information content (AvgIpc) is 2.91. The fourth-order valence-corrected chi connectivity index (χ4v) is 2.40. The van der Waals surface area contributed by atoms with Crippen molar-refractivity contribution >= 4 is 17.3 Å². The van der Waals surface area contributed by atoms with E-state index in [2.05, 4.69) is 5.32 Å². The normalized spacial score (nSPS) is 15.4. The monoisotopic (exact) mass is 280 g/mol. The smallest absolute Gasteiger partial charge is 0.224 e. The molecule has 3 N–H and O–H groups in total. The summed E-state index contributed by atoms with van der Waals surface area (Å²) in [5.74, 6) is -0.538. The van der Waals surface area contributed by atoms with Crippen LogP contribution in [0.2, 0.25) is 0 Å². The van der Waals surface area contributed by atoms with E-state index < -0.39 is 5.82 Å². The number of rotatable bonds is 6. The van der Waals surface area contributed by atoms with E-state index in [1.165, 1.54) is 31.0 Å². The first-order valence-electron chi connectivity index (χ1n) is 7.11. The molecule has 1 aliphatic rings. The van der Waals surface area contributed by atoms with Crippen molar-refractivity contribution in [2.75, 3.05) is 17.7 Å². The summed E-state index contributed by atoms with van der Waals surface area (Å²) in [6.07, 6.45) is 6.21. The third-order valence-corrected chi connectivity index (χ3v) is 3.49. The maximum Gasteiger partial charge on any atom is 0.224 e. The zero-order chi connectivity index (χ0) is 14.4. The number of carbonyl (C=O) groups is 1. The SMILES string of the molecule is Nc1cc(F)ccc1NC(=O)CCCOC1CCCC1. The second-order valence-electron chi connectivity index (χ2n) is 5.16. The molecule has 1 aliphatic carbocycles. The van der Waals surface area contributed by atoms with Gasteiger partial charge in [0.05, 0.1) is 17.5 Å². The van der Waals surface area contributed by atoms with Crippen molar-refractivity contribution in [3.8, 4) is 0 Å². The third kappa shape index (κ3) is 4.49. The lowest BCUT2D eigenvalue weighted by atomic mass is 10.2. The number of nitrogen functional groups attached to an aromatic ring is 1. The Balaban J connectivity index is 1.67. The molecule has 110 valence electrons. The predicted molar refractivity (Wildman–Crippen MR) is 76.9 cm³/mol. The van der Waals surface area contributed by atoms with E-state index in [0.717, 1.165) is 12.8 Å². The van der Waals surface area contributed by atoms with Crippen molar-refractivity contribution < 1.29 is 13.9 Å². The molecular weight excluding hydrogens is 259 g/mol. The first kappa shape index (κ1) is 14.8. The molecule has 0 saturated heterocycles. The molecule has 0 atom stereocenters. The van der Waals surface area contributed by atoms with Crippen molar-refractivity contribution in [3.63, 3.8) is 0 Å². The number of hydrogen-bond donors (Lipinski definition) is 2. The number of anilines is 2. The van der Waals surface area contributed by atoms with Crippen molar-refractivity contribution in [1.29, 1.82) is 0 Å². The van der Waals surface area contributed by atoms with Gasteiger partial charge in [0, 0.05) is 13.0 Å². The summed E-state index contributed by atoms with van der Waals surface area (Å²) in [5.41, 5.74) is 6.32. The van der Waals surface area contributed by atoms with Crippen molar-refractivity contribution in [1.82, 2.24) is 0 Å². The van der Waals surface area contributed by atoms with Gasteiger partial charge in [0.15, 0.2) is 0 Å². The molecule has 1 aromatic carbocycles. The molecule has 0 unspecified atom stereocenters. The first-order chi connectivity index (χ1) is 9.65. The average molecular weight is 280 g/mol. The summed E-state index contributed by atoms with van der Waals surface area (Å²) in [6.45, 7) is 0.608. The largest absolute Gasteiger partial charge is 0.397 e. The highest BCUT2D eigenvalue weighted by Gasteiger charge is 2.15. The number of carbonyl (C=O) groups excluding carboxylic acids is 1. The number of halogens is 1. The third-order valence-electron chi connectivity index (χ3n) is 3.49. The maximum atomic E-state index is 12.9. The Morgan fingerprint density at radius 3 is 2.85 bits per heavy atom. The van der Waals surface area contributed by atoms with Crippen LogP contribution in [-0.4, -0.2) is 18.6 Å². The molecule has 5 heteroatoms. The van der Waals surface area contributed by atoms with E-state index in [1.54, 1.807) is 0 Å². The molecule has 1 aromatic rings. The van der Waals surface area contributed by atoms with Crippen LogP contribution < -0.4 is 11.1 Å². The van der Waals surface area contributed by atoms with E-state index in [-0.39, 0.29) is 11.6 Å². The number of ether oxygens (including phenoxy) is 1. The molecule has 1 fully saturated rings. The summed E-state index contributed by atoms with van der Waals surface area (Å²) < 4.78 is 18.6. The van der Waals surface area contributed by atoms with E-state index in [9.17, 15) is 9.18 Å². The second-order valence-corrected chi connectivity index (χ2v) is 5.16. The van der Waals surface area contributed by atoms with Crippen LogP contribution in [-0.2, 0) is 9.53 Å². The van der Waals surface area contributed by atoms with Crippen LogP contribution >= 0.6 is 0 Å². The Kier molecular flexibility index (Phi) is 5.35. The summed E-state index contributed by atoms with van der Waals surface area (Å²) in [5, 5.41) is 2.68. The standard InChI is InChI=1S/C15H21FN2O2/c16-11-7-8-14(13(17)10-11)18-15(19)6-3-9-20-12-4-1-2-5-12/h7-8,10,12H,1-6,9,17H2,(H,18,19). The number of amides is 1. The molecular formula is C15H21FN2O2. The Morgan fingerprint density at radius 2 is 2.15 bits per heavy atom. The molecule has 1 saturated carbocycles. The predicted octanol–water partition coefficient (Wildman–Crippen LogP) is 3.09. The van der Waals surface area contributed by atoms with E-state index in [4.69, 9.17) is 10.5 Å². The molecule has 0 bridgehead atoms. The summed E-state index contributed by atoms with van der Waals surface area (Å²) >= 11 is 0. The van der Waals surface area contributed by atoms with Crippen LogP contribution in [0.5, 0.6) is 0 Å². The highest BCUT2D eigenvalue weighted by Crippen LogP contribution is 2.21. The highest BCUT2D eigenvalue weighted by atomic mass is 19.1. The molecule has 0 heterocycles. The van der Waals surface area contributed by atoms with E-state index in [1.807, 2.05) is 0 Å². The Morgan fingerprint density at radius 1 is 1.40 bits per heavy atom. The molecule has 0 aromatic heterocycles. The molecule has 20 heavy (non-hydrogen) atoms. The lowest BCUT2D eigenvalue weighted by molar-refractivity contribution is -0.116. The van der Waals surface area contributed by atoms with Crippen LogP contribution in [0.4, 0.5) is 15.8 Å². The second kappa shape index (κ2) is 7.24. The van der Waals surface area contributed by atoms with Gasteiger partial charge in [-0.25, -0.2) is 4.39 Å². The quantitative estimate of drug-likeness (QED) is 0.621. The minimum absolute atomic E-state index is 0.127. The summed E-state index contributed by atoms with van der Waals surface area (Å²) in [7, 11) is 0. The topological polar surface area (TPSA) is 64.3 Å². The lowest BCUT2D eigenvalue weighted by Gasteiger charge is -2.11. The minimum atomic E-state index is -0.412. The van der Waals surface area contributed by atoms with Gasteiger partial charge in [-0.15, -0.1) is 0 Å². The Hall–Kier alpha value is -1.62. The number of nitrogens with one attached hydrogen (secondary N) is 1. The van der Waals surface area contributed by atoms with Gasteiger partial charge in [0.25, 0.3) is 0 Å².